The first-order chi connectivity index (χ1) is 9.08. The van der Waals surface area contributed by atoms with Gasteiger partial charge in [-0.2, -0.15) is 9.73 Å². The molecule has 1 aromatic heterocycles. The van der Waals surface area contributed by atoms with Crippen molar-refractivity contribution < 1.29 is 18.5 Å². The molecule has 0 radical (unpaired) electrons. The fourth-order valence-electron chi connectivity index (χ4n) is 1.29. The number of rotatable bonds is 8. The molecule has 0 fully saturated rings. The van der Waals surface area contributed by atoms with Crippen molar-refractivity contribution in [3.05, 3.63) is 16.4 Å². The number of aromatic nitrogens is 2. The number of hydrogen-bond acceptors (Lipinski definition) is 7. The second kappa shape index (κ2) is 7.34. The summed E-state index contributed by atoms with van der Waals surface area (Å²) in [7, 11) is -3.01. The highest BCUT2D eigenvalue weighted by Gasteiger charge is 2.26. The molecule has 1 aromatic rings. The zero-order valence-electron chi connectivity index (χ0n) is 11.0. The fraction of sp³-hybridized carbons (Fsp3) is 0.667. The van der Waals surface area contributed by atoms with Crippen molar-refractivity contribution in [3.8, 4) is 0 Å². The lowest BCUT2D eigenvalue weighted by Gasteiger charge is -2.21. The number of nitro groups is 1. The van der Waals surface area contributed by atoms with Crippen LogP contribution >= 0.6 is 7.74 Å². The Labute approximate surface area is 110 Å². The smallest absolute Gasteiger partial charge is 0.358 e. The first-order valence-corrected chi connectivity index (χ1v) is 7.31. The Balaban J connectivity index is 3.23. The summed E-state index contributed by atoms with van der Waals surface area (Å²) in [5.41, 5.74) is 0. The lowest BCUT2D eigenvalue weighted by atomic mass is 10.7. The van der Waals surface area contributed by atoms with Crippen LogP contribution in [-0.4, -0.2) is 34.7 Å². The summed E-state index contributed by atoms with van der Waals surface area (Å²) in [6.45, 7) is 6.24. The second-order valence-corrected chi connectivity index (χ2v) is 5.07. The van der Waals surface area contributed by atoms with Crippen molar-refractivity contribution in [2.75, 3.05) is 19.8 Å². The van der Waals surface area contributed by atoms with Crippen molar-refractivity contribution >= 4 is 19.4 Å². The van der Waals surface area contributed by atoms with Crippen LogP contribution in [0, 0.1) is 10.1 Å². The molecular weight excluding hydrogens is 275 g/mol. The molecule has 10 heteroatoms. The number of aromatic amines is 1. The Morgan fingerprint density at radius 3 is 2.26 bits per heavy atom. The maximum absolute atomic E-state index is 10.8. The molecule has 1 rings (SSSR count). The summed E-state index contributed by atoms with van der Waals surface area (Å²) in [6, 6.07) is 0. The summed E-state index contributed by atoms with van der Waals surface area (Å²) in [6.07, 6.45) is 1.19. The van der Waals surface area contributed by atoms with E-state index in [-0.39, 0.29) is 11.6 Å². The van der Waals surface area contributed by atoms with Crippen LogP contribution in [0.1, 0.15) is 20.8 Å². The standard InChI is InChI=1S/C9H17N4O5P/c1-4-16-19(17-5-2,18-6-3)12-8-9(13(14)15)11-7-10-8/h7H,4-6H2,1-3H3,(H,10,11). The number of hydrogen-bond donors (Lipinski definition) is 1. The minimum absolute atomic E-state index is 0.0892. The highest BCUT2D eigenvalue weighted by Crippen LogP contribution is 2.55. The average Bonchev–Trinajstić information content (AvgIpc) is 2.78. The van der Waals surface area contributed by atoms with E-state index >= 15 is 0 Å². The van der Waals surface area contributed by atoms with Gasteiger partial charge < -0.3 is 23.7 Å². The van der Waals surface area contributed by atoms with Gasteiger partial charge in [-0.15, -0.1) is 0 Å². The van der Waals surface area contributed by atoms with Crippen LogP contribution in [0.4, 0.5) is 11.6 Å². The third-order valence-corrected chi connectivity index (χ3v) is 4.06. The topological polar surface area (TPSA) is 112 Å². The van der Waals surface area contributed by atoms with E-state index in [1.54, 1.807) is 20.8 Å². The number of imidazole rings is 1. The molecule has 0 bridgehead atoms. The second-order valence-electron chi connectivity index (χ2n) is 3.15. The zero-order chi connectivity index (χ0) is 14.3. The van der Waals surface area contributed by atoms with Gasteiger partial charge in [-0.3, -0.25) is 0 Å². The Morgan fingerprint density at radius 1 is 1.32 bits per heavy atom. The molecule has 0 spiro atoms. The van der Waals surface area contributed by atoms with Gasteiger partial charge in [-0.1, -0.05) is 0 Å². The van der Waals surface area contributed by atoms with Gasteiger partial charge in [0, 0.05) is 0 Å². The summed E-state index contributed by atoms with van der Waals surface area (Å²) in [5, 5.41) is 10.8. The molecule has 9 nitrogen and oxygen atoms in total. The molecule has 0 unspecified atom stereocenters. The van der Waals surface area contributed by atoms with Crippen molar-refractivity contribution in [2.45, 2.75) is 20.8 Å². The van der Waals surface area contributed by atoms with Crippen LogP contribution in [0.3, 0.4) is 0 Å². The normalized spacial score (nSPS) is 11.5. The highest BCUT2D eigenvalue weighted by atomic mass is 31.2. The molecule has 19 heavy (non-hydrogen) atoms. The van der Waals surface area contributed by atoms with E-state index < -0.39 is 12.7 Å². The number of nitrogens with one attached hydrogen (secondary N) is 1. The van der Waals surface area contributed by atoms with Gasteiger partial charge in [0.1, 0.15) is 0 Å². The quantitative estimate of drug-likeness (QED) is 0.447. The zero-order valence-corrected chi connectivity index (χ0v) is 11.9. The molecule has 0 aliphatic rings. The minimum Gasteiger partial charge on any atom is -0.358 e. The van der Waals surface area contributed by atoms with Crippen LogP contribution in [0.15, 0.2) is 11.1 Å². The molecule has 1 N–H and O–H groups in total. The maximum atomic E-state index is 10.8. The number of nitrogens with zero attached hydrogens (tertiary/aromatic N) is 3. The van der Waals surface area contributed by atoms with E-state index in [0.29, 0.717) is 19.8 Å². The van der Waals surface area contributed by atoms with Crippen LogP contribution in [0.5, 0.6) is 0 Å². The summed E-state index contributed by atoms with van der Waals surface area (Å²) < 4.78 is 20.4. The number of H-pyrrole nitrogens is 1. The summed E-state index contributed by atoms with van der Waals surface area (Å²) in [5.74, 6) is -0.405. The predicted octanol–water partition coefficient (Wildman–Crippen LogP) is 3.01. The highest BCUT2D eigenvalue weighted by molar-refractivity contribution is 7.51. The molecule has 108 valence electrons. The Morgan fingerprint density at radius 2 is 1.84 bits per heavy atom. The van der Waals surface area contributed by atoms with Crippen molar-refractivity contribution in [1.29, 1.82) is 0 Å². The van der Waals surface area contributed by atoms with Crippen molar-refractivity contribution in [1.82, 2.24) is 9.97 Å². The van der Waals surface area contributed by atoms with Gasteiger partial charge >= 0.3 is 13.6 Å². The van der Waals surface area contributed by atoms with Crippen molar-refractivity contribution in [2.24, 2.45) is 4.74 Å². The first-order valence-electron chi connectivity index (χ1n) is 5.82. The molecule has 0 saturated heterocycles. The van der Waals surface area contributed by atoms with E-state index in [1.165, 1.54) is 6.33 Å². The monoisotopic (exact) mass is 292 g/mol. The Bertz CT molecular complexity index is 451. The third-order valence-electron chi connectivity index (χ3n) is 1.88. The van der Waals surface area contributed by atoms with Gasteiger partial charge in [-0.05, 0) is 25.7 Å². The predicted molar refractivity (Wildman–Crippen MR) is 69.1 cm³/mol. The molecule has 1 heterocycles. The van der Waals surface area contributed by atoms with E-state index in [1.807, 2.05) is 0 Å². The lowest BCUT2D eigenvalue weighted by Crippen LogP contribution is -2.00. The molecule has 0 aliphatic heterocycles. The van der Waals surface area contributed by atoms with E-state index in [4.69, 9.17) is 13.6 Å². The van der Waals surface area contributed by atoms with E-state index in [2.05, 4.69) is 14.7 Å². The van der Waals surface area contributed by atoms with Gasteiger partial charge in [0.15, 0.2) is 6.33 Å². The first kappa shape index (κ1) is 15.8. The molecule has 0 saturated carbocycles. The molecule has 0 atom stereocenters. The lowest BCUT2D eigenvalue weighted by molar-refractivity contribution is -0.388. The Hall–Kier alpha value is -1.28. The summed E-state index contributed by atoms with van der Waals surface area (Å²) >= 11 is 0. The van der Waals surface area contributed by atoms with Crippen molar-refractivity contribution in [3.63, 3.8) is 0 Å². The van der Waals surface area contributed by atoms with Gasteiger partial charge in [0.2, 0.25) is 0 Å². The van der Waals surface area contributed by atoms with Gasteiger partial charge in [-0.25, -0.2) is 4.98 Å². The van der Waals surface area contributed by atoms with E-state index in [9.17, 15) is 10.1 Å². The van der Waals surface area contributed by atoms with Gasteiger partial charge in [0.05, 0.1) is 19.8 Å². The summed E-state index contributed by atoms with van der Waals surface area (Å²) in [4.78, 5) is 16.4. The fourth-order valence-corrected chi connectivity index (χ4v) is 3.05. The van der Waals surface area contributed by atoms with Crippen LogP contribution < -0.4 is 0 Å². The van der Waals surface area contributed by atoms with Crippen LogP contribution in [-0.2, 0) is 13.6 Å². The molecule has 0 amide bonds. The molecule has 0 aromatic carbocycles. The maximum Gasteiger partial charge on any atom is 0.367 e. The third kappa shape index (κ3) is 4.10. The molecular formula is C9H17N4O5P. The average molecular weight is 292 g/mol. The van der Waals surface area contributed by atoms with Crippen LogP contribution in [0.2, 0.25) is 0 Å². The Kier molecular flexibility index (Phi) is 6.10. The minimum atomic E-state index is -3.01. The van der Waals surface area contributed by atoms with E-state index in [0.717, 1.165) is 0 Å². The largest absolute Gasteiger partial charge is 0.367 e. The van der Waals surface area contributed by atoms with Gasteiger partial charge in [0.25, 0.3) is 5.82 Å². The SMILES string of the molecule is CCOP(=Nc1nc[nH]c1[N+](=O)[O-])(OCC)OCC. The molecule has 0 aliphatic carbocycles. The van der Waals surface area contributed by atoms with Crippen LogP contribution in [0.25, 0.3) is 0 Å².